The topological polar surface area (TPSA) is 0 Å². The summed E-state index contributed by atoms with van der Waals surface area (Å²) in [7, 11) is 0. The van der Waals surface area contributed by atoms with Crippen LogP contribution in [0.15, 0.2) is 0 Å². The summed E-state index contributed by atoms with van der Waals surface area (Å²) in [6.07, 6.45) is -2.79. The fraction of sp³-hybridized carbons (Fsp3) is 1.00. The van der Waals surface area contributed by atoms with E-state index in [1.165, 1.54) is 0 Å². The fourth-order valence-electron chi connectivity index (χ4n) is 1.31. The van der Waals surface area contributed by atoms with Crippen molar-refractivity contribution in [3.05, 3.63) is 0 Å². The zero-order valence-electron chi connectivity index (χ0n) is 7.99. The average Bonchev–Trinajstić information content (AvgIpc) is 1.95. The lowest BCUT2D eigenvalue weighted by Crippen LogP contribution is -2.24. The molecule has 0 spiro atoms. The van der Waals surface area contributed by atoms with Gasteiger partial charge in [0.1, 0.15) is 0 Å². The number of hydrogen-bond acceptors (Lipinski definition) is 0. The van der Waals surface area contributed by atoms with Crippen LogP contribution in [0.4, 0.5) is 13.2 Å². The Balaban J connectivity index is 4.03. The number of halogens is 4. The molecular formula is C9H16F3I. The van der Waals surface area contributed by atoms with E-state index in [0.29, 0.717) is 6.42 Å². The van der Waals surface area contributed by atoms with Crippen molar-refractivity contribution in [3.8, 4) is 0 Å². The Morgan fingerprint density at radius 3 is 2.08 bits per heavy atom. The molecule has 1 atom stereocenters. The maximum atomic E-state index is 12.4. The monoisotopic (exact) mass is 308 g/mol. The first kappa shape index (κ1) is 13.5. The van der Waals surface area contributed by atoms with E-state index in [4.69, 9.17) is 0 Å². The minimum atomic E-state index is -4.00. The second kappa shape index (κ2) is 6.09. The molecular weight excluding hydrogens is 292 g/mol. The highest BCUT2D eigenvalue weighted by molar-refractivity contribution is 14.1. The zero-order chi connectivity index (χ0) is 10.5. The SMILES string of the molecule is CC(C)CC(CCCI)C(F)(F)F. The van der Waals surface area contributed by atoms with Gasteiger partial charge in [0.2, 0.25) is 0 Å². The first-order chi connectivity index (χ1) is 5.88. The van der Waals surface area contributed by atoms with Crippen molar-refractivity contribution >= 4 is 22.6 Å². The Morgan fingerprint density at radius 1 is 1.23 bits per heavy atom. The van der Waals surface area contributed by atoms with Gasteiger partial charge < -0.3 is 0 Å². The summed E-state index contributed by atoms with van der Waals surface area (Å²) in [5, 5.41) is 0. The van der Waals surface area contributed by atoms with E-state index in [1.807, 2.05) is 13.8 Å². The van der Waals surface area contributed by atoms with Crippen molar-refractivity contribution in [3.63, 3.8) is 0 Å². The molecule has 0 amide bonds. The molecule has 0 nitrogen and oxygen atoms in total. The van der Waals surface area contributed by atoms with E-state index in [1.54, 1.807) is 0 Å². The second-order valence-corrected chi connectivity index (χ2v) is 4.78. The highest BCUT2D eigenvalue weighted by Crippen LogP contribution is 2.34. The van der Waals surface area contributed by atoms with Gasteiger partial charge in [-0.25, -0.2) is 0 Å². The molecule has 0 rings (SSSR count). The van der Waals surface area contributed by atoms with Crippen LogP contribution in [0.1, 0.15) is 33.1 Å². The summed E-state index contributed by atoms with van der Waals surface area (Å²) in [6.45, 7) is 3.67. The molecule has 0 heterocycles. The minimum Gasteiger partial charge on any atom is -0.171 e. The number of hydrogen-bond donors (Lipinski definition) is 0. The summed E-state index contributed by atoms with van der Waals surface area (Å²) in [6, 6.07) is 0. The van der Waals surface area contributed by atoms with E-state index in [-0.39, 0.29) is 18.8 Å². The van der Waals surface area contributed by atoms with Crippen molar-refractivity contribution in [1.29, 1.82) is 0 Å². The highest BCUT2D eigenvalue weighted by Gasteiger charge is 2.38. The largest absolute Gasteiger partial charge is 0.391 e. The van der Waals surface area contributed by atoms with Crippen molar-refractivity contribution in [2.24, 2.45) is 11.8 Å². The summed E-state index contributed by atoms with van der Waals surface area (Å²) in [5.41, 5.74) is 0. The van der Waals surface area contributed by atoms with Crippen LogP contribution in [0.2, 0.25) is 0 Å². The van der Waals surface area contributed by atoms with Crippen LogP contribution >= 0.6 is 22.6 Å². The zero-order valence-corrected chi connectivity index (χ0v) is 10.2. The van der Waals surface area contributed by atoms with Crippen LogP contribution in [-0.4, -0.2) is 10.6 Å². The maximum absolute atomic E-state index is 12.4. The smallest absolute Gasteiger partial charge is 0.171 e. The van der Waals surface area contributed by atoms with Gasteiger partial charge in [0.15, 0.2) is 0 Å². The second-order valence-electron chi connectivity index (χ2n) is 3.70. The Labute approximate surface area is 91.4 Å². The fourth-order valence-corrected chi connectivity index (χ4v) is 1.75. The number of rotatable bonds is 5. The first-order valence-corrected chi connectivity index (χ1v) is 6.03. The molecule has 0 saturated carbocycles. The summed E-state index contributed by atoms with van der Waals surface area (Å²) in [5.74, 6) is -0.969. The number of alkyl halides is 4. The Kier molecular flexibility index (Phi) is 6.33. The molecule has 0 aromatic heterocycles. The molecule has 0 aromatic carbocycles. The van der Waals surface area contributed by atoms with Crippen molar-refractivity contribution in [2.75, 3.05) is 4.43 Å². The van der Waals surface area contributed by atoms with Gasteiger partial charge in [-0.2, -0.15) is 13.2 Å². The third-order valence-electron chi connectivity index (χ3n) is 1.91. The predicted octanol–water partition coefficient (Wildman–Crippen LogP) is 4.43. The third-order valence-corrected chi connectivity index (χ3v) is 2.67. The van der Waals surface area contributed by atoms with Crippen molar-refractivity contribution < 1.29 is 13.2 Å². The van der Waals surface area contributed by atoms with Gasteiger partial charge in [-0.05, 0) is 29.6 Å². The van der Waals surface area contributed by atoms with Gasteiger partial charge in [0, 0.05) is 0 Å². The van der Waals surface area contributed by atoms with E-state index in [2.05, 4.69) is 22.6 Å². The normalized spacial score (nSPS) is 15.0. The van der Waals surface area contributed by atoms with Gasteiger partial charge >= 0.3 is 6.18 Å². The molecule has 4 heteroatoms. The first-order valence-electron chi connectivity index (χ1n) is 4.50. The van der Waals surface area contributed by atoms with Gasteiger partial charge in [0.25, 0.3) is 0 Å². The van der Waals surface area contributed by atoms with Gasteiger partial charge in [-0.15, -0.1) is 0 Å². The quantitative estimate of drug-likeness (QED) is 0.521. The van der Waals surface area contributed by atoms with Gasteiger partial charge in [0.05, 0.1) is 5.92 Å². The van der Waals surface area contributed by atoms with E-state index >= 15 is 0 Å². The van der Waals surface area contributed by atoms with E-state index in [0.717, 1.165) is 4.43 Å². The molecule has 0 aliphatic heterocycles. The average molecular weight is 308 g/mol. The highest BCUT2D eigenvalue weighted by atomic mass is 127. The standard InChI is InChI=1S/C9H16F3I/c1-7(2)6-8(4-3-5-13)9(10,11)12/h7-8H,3-6H2,1-2H3. The van der Waals surface area contributed by atoms with Crippen LogP contribution in [0.5, 0.6) is 0 Å². The van der Waals surface area contributed by atoms with Gasteiger partial charge in [-0.1, -0.05) is 36.4 Å². The molecule has 80 valence electrons. The lowest BCUT2D eigenvalue weighted by Gasteiger charge is -2.21. The molecule has 1 unspecified atom stereocenters. The third kappa shape index (κ3) is 6.57. The molecule has 0 fully saturated rings. The Bertz CT molecular complexity index is 131. The van der Waals surface area contributed by atoms with Crippen LogP contribution in [0.25, 0.3) is 0 Å². The molecule has 0 aliphatic rings. The van der Waals surface area contributed by atoms with Crippen LogP contribution in [0.3, 0.4) is 0 Å². The molecule has 0 bridgehead atoms. The minimum absolute atomic E-state index is 0.126. The molecule has 0 radical (unpaired) electrons. The van der Waals surface area contributed by atoms with Crippen LogP contribution in [-0.2, 0) is 0 Å². The molecule has 0 aliphatic carbocycles. The Hall–Kier alpha value is 0.520. The molecule has 0 aromatic rings. The lowest BCUT2D eigenvalue weighted by atomic mass is 9.93. The van der Waals surface area contributed by atoms with Crippen LogP contribution in [0, 0.1) is 11.8 Å². The van der Waals surface area contributed by atoms with Crippen molar-refractivity contribution in [2.45, 2.75) is 39.3 Å². The van der Waals surface area contributed by atoms with Crippen LogP contribution < -0.4 is 0 Å². The molecule has 0 saturated heterocycles. The maximum Gasteiger partial charge on any atom is 0.391 e. The van der Waals surface area contributed by atoms with E-state index < -0.39 is 12.1 Å². The van der Waals surface area contributed by atoms with E-state index in [9.17, 15) is 13.2 Å². The Morgan fingerprint density at radius 2 is 1.77 bits per heavy atom. The molecule has 0 N–H and O–H groups in total. The summed E-state index contributed by atoms with van der Waals surface area (Å²) < 4.78 is 38.0. The predicted molar refractivity (Wildman–Crippen MR) is 57.1 cm³/mol. The lowest BCUT2D eigenvalue weighted by molar-refractivity contribution is -0.180. The molecule has 13 heavy (non-hydrogen) atoms. The summed E-state index contributed by atoms with van der Waals surface area (Å²) >= 11 is 2.12. The van der Waals surface area contributed by atoms with Gasteiger partial charge in [-0.3, -0.25) is 0 Å². The van der Waals surface area contributed by atoms with Crippen molar-refractivity contribution in [1.82, 2.24) is 0 Å². The summed E-state index contributed by atoms with van der Waals surface area (Å²) in [4.78, 5) is 0.